The average Bonchev–Trinajstić information content (AvgIpc) is 2.54. The first-order valence-electron chi connectivity index (χ1n) is 8.48. The van der Waals surface area contributed by atoms with E-state index >= 15 is 0 Å². The van der Waals surface area contributed by atoms with Gasteiger partial charge in [-0.1, -0.05) is 19.1 Å². The van der Waals surface area contributed by atoms with Crippen LogP contribution in [0.2, 0.25) is 0 Å². The van der Waals surface area contributed by atoms with Gasteiger partial charge in [-0.05, 0) is 57.1 Å². The molecule has 4 heteroatoms. The quantitative estimate of drug-likeness (QED) is 0.800. The lowest BCUT2D eigenvalue weighted by atomic mass is 10.0. The van der Waals surface area contributed by atoms with Crippen LogP contribution in [-0.2, 0) is 6.54 Å². The minimum atomic E-state index is 0.226. The predicted molar refractivity (Wildman–Crippen MR) is 90.2 cm³/mol. The van der Waals surface area contributed by atoms with Crippen LogP contribution in [0.1, 0.15) is 31.7 Å². The summed E-state index contributed by atoms with van der Waals surface area (Å²) < 4.78 is 5.63. The van der Waals surface area contributed by atoms with Gasteiger partial charge in [0, 0.05) is 19.1 Å². The molecule has 0 amide bonds. The highest BCUT2D eigenvalue weighted by molar-refractivity contribution is 5.27. The summed E-state index contributed by atoms with van der Waals surface area (Å²) in [6.07, 6.45) is 3.41. The third-order valence-corrected chi connectivity index (χ3v) is 4.37. The second-order valence-electron chi connectivity index (χ2n) is 6.22. The van der Waals surface area contributed by atoms with Gasteiger partial charge in [-0.25, -0.2) is 0 Å². The number of likely N-dealkylation sites (tertiary alicyclic amines) is 1. The van der Waals surface area contributed by atoms with Crippen LogP contribution in [0.5, 0.6) is 5.75 Å². The molecule has 0 spiro atoms. The molecular formula is C18H30N2O2. The lowest BCUT2D eigenvalue weighted by Gasteiger charge is -2.37. The van der Waals surface area contributed by atoms with Crippen molar-refractivity contribution >= 4 is 0 Å². The summed E-state index contributed by atoms with van der Waals surface area (Å²) in [5, 5.41) is 9.37. The maximum absolute atomic E-state index is 9.37. The van der Waals surface area contributed by atoms with Gasteiger partial charge >= 0.3 is 0 Å². The lowest BCUT2D eigenvalue weighted by Crippen LogP contribution is -2.44. The summed E-state index contributed by atoms with van der Waals surface area (Å²) in [7, 11) is 2.18. The molecule has 1 fully saturated rings. The summed E-state index contributed by atoms with van der Waals surface area (Å²) in [5.74, 6) is 0.943. The number of aliphatic hydroxyl groups excluding tert-OH is 1. The van der Waals surface area contributed by atoms with E-state index in [2.05, 4.69) is 48.0 Å². The molecule has 1 saturated heterocycles. The van der Waals surface area contributed by atoms with Crippen LogP contribution >= 0.6 is 0 Å². The van der Waals surface area contributed by atoms with Gasteiger partial charge in [0.05, 0.1) is 13.2 Å². The van der Waals surface area contributed by atoms with Crippen molar-refractivity contribution in [3.05, 3.63) is 29.8 Å². The Hall–Kier alpha value is -1.10. The summed E-state index contributed by atoms with van der Waals surface area (Å²) in [6, 6.07) is 8.97. The van der Waals surface area contributed by atoms with Gasteiger partial charge < -0.3 is 14.7 Å². The largest absolute Gasteiger partial charge is 0.494 e. The molecule has 124 valence electrons. The van der Waals surface area contributed by atoms with E-state index in [0.29, 0.717) is 6.04 Å². The number of hydrogen-bond donors (Lipinski definition) is 1. The molecule has 0 radical (unpaired) electrons. The minimum absolute atomic E-state index is 0.226. The Labute approximate surface area is 134 Å². The van der Waals surface area contributed by atoms with Gasteiger partial charge in [0.15, 0.2) is 0 Å². The van der Waals surface area contributed by atoms with Crippen LogP contribution in [0.3, 0.4) is 0 Å². The molecule has 2 rings (SSSR count). The van der Waals surface area contributed by atoms with Crippen LogP contribution in [-0.4, -0.2) is 60.8 Å². The highest BCUT2D eigenvalue weighted by Crippen LogP contribution is 2.19. The van der Waals surface area contributed by atoms with Gasteiger partial charge in [0.25, 0.3) is 0 Å². The van der Waals surface area contributed by atoms with Crippen molar-refractivity contribution in [1.29, 1.82) is 0 Å². The van der Waals surface area contributed by atoms with Crippen LogP contribution in [0.4, 0.5) is 0 Å². The maximum Gasteiger partial charge on any atom is 0.119 e. The third-order valence-electron chi connectivity index (χ3n) is 4.37. The number of hydrogen-bond acceptors (Lipinski definition) is 4. The first kappa shape index (κ1) is 17.3. The van der Waals surface area contributed by atoms with E-state index in [9.17, 15) is 5.11 Å². The Balaban J connectivity index is 1.92. The first-order valence-corrected chi connectivity index (χ1v) is 8.48. The van der Waals surface area contributed by atoms with Crippen LogP contribution in [0, 0.1) is 0 Å². The molecule has 22 heavy (non-hydrogen) atoms. The molecule has 0 bridgehead atoms. The number of benzene rings is 1. The molecule has 1 heterocycles. The summed E-state index contributed by atoms with van der Waals surface area (Å²) in [5.41, 5.74) is 1.29. The molecule has 1 aromatic carbocycles. The zero-order valence-electron chi connectivity index (χ0n) is 14.0. The topological polar surface area (TPSA) is 35.9 Å². The summed E-state index contributed by atoms with van der Waals surface area (Å²) in [6.45, 7) is 7.07. The van der Waals surface area contributed by atoms with Gasteiger partial charge in [-0.15, -0.1) is 0 Å². The zero-order valence-corrected chi connectivity index (χ0v) is 14.0. The van der Waals surface area contributed by atoms with Crippen molar-refractivity contribution < 1.29 is 9.84 Å². The average molecular weight is 306 g/mol. The van der Waals surface area contributed by atoms with Gasteiger partial charge in [0.2, 0.25) is 0 Å². The van der Waals surface area contributed by atoms with Gasteiger partial charge in [-0.2, -0.15) is 0 Å². The second kappa shape index (κ2) is 9.13. The SMILES string of the molecule is CCCOc1ccc(CN(CCO)C2CCN(C)CC2)cc1. The normalized spacial score (nSPS) is 17.1. The molecule has 4 nitrogen and oxygen atoms in total. The van der Waals surface area contributed by atoms with Crippen molar-refractivity contribution in [1.82, 2.24) is 9.80 Å². The van der Waals surface area contributed by atoms with E-state index in [4.69, 9.17) is 4.74 Å². The summed E-state index contributed by atoms with van der Waals surface area (Å²) in [4.78, 5) is 4.81. The van der Waals surface area contributed by atoms with E-state index in [-0.39, 0.29) is 6.61 Å². The molecule has 1 aliphatic heterocycles. The molecule has 0 aliphatic carbocycles. The molecule has 0 atom stereocenters. The Morgan fingerprint density at radius 3 is 2.50 bits per heavy atom. The van der Waals surface area contributed by atoms with Crippen molar-refractivity contribution in [2.24, 2.45) is 0 Å². The highest BCUT2D eigenvalue weighted by Gasteiger charge is 2.22. The first-order chi connectivity index (χ1) is 10.7. The second-order valence-corrected chi connectivity index (χ2v) is 6.22. The fourth-order valence-corrected chi connectivity index (χ4v) is 3.02. The van der Waals surface area contributed by atoms with E-state index < -0.39 is 0 Å². The molecule has 1 N–H and O–H groups in total. The molecule has 0 unspecified atom stereocenters. The number of aliphatic hydroxyl groups is 1. The molecular weight excluding hydrogens is 276 g/mol. The Bertz CT molecular complexity index is 414. The highest BCUT2D eigenvalue weighted by atomic mass is 16.5. The minimum Gasteiger partial charge on any atom is -0.494 e. The molecule has 0 saturated carbocycles. The van der Waals surface area contributed by atoms with E-state index in [0.717, 1.165) is 45.0 Å². The lowest BCUT2D eigenvalue weighted by molar-refractivity contribution is 0.0941. The zero-order chi connectivity index (χ0) is 15.8. The van der Waals surface area contributed by atoms with Crippen molar-refractivity contribution in [2.75, 3.05) is 39.9 Å². The monoisotopic (exact) mass is 306 g/mol. The van der Waals surface area contributed by atoms with Crippen molar-refractivity contribution in [3.8, 4) is 5.75 Å². The third kappa shape index (κ3) is 5.27. The maximum atomic E-state index is 9.37. The fourth-order valence-electron chi connectivity index (χ4n) is 3.02. The molecule has 1 aliphatic rings. The Morgan fingerprint density at radius 2 is 1.91 bits per heavy atom. The van der Waals surface area contributed by atoms with Crippen LogP contribution < -0.4 is 4.74 Å². The fraction of sp³-hybridized carbons (Fsp3) is 0.667. The summed E-state index contributed by atoms with van der Waals surface area (Å²) >= 11 is 0. The van der Waals surface area contributed by atoms with E-state index in [1.165, 1.54) is 18.4 Å². The van der Waals surface area contributed by atoms with E-state index in [1.54, 1.807) is 0 Å². The van der Waals surface area contributed by atoms with Gasteiger partial charge in [0.1, 0.15) is 5.75 Å². The Kier molecular flexibility index (Phi) is 7.16. The number of rotatable bonds is 8. The van der Waals surface area contributed by atoms with Crippen molar-refractivity contribution in [2.45, 2.75) is 38.8 Å². The number of nitrogens with zero attached hydrogens (tertiary/aromatic N) is 2. The Morgan fingerprint density at radius 1 is 1.23 bits per heavy atom. The molecule has 0 aromatic heterocycles. The van der Waals surface area contributed by atoms with Crippen LogP contribution in [0.15, 0.2) is 24.3 Å². The smallest absolute Gasteiger partial charge is 0.119 e. The predicted octanol–water partition coefficient (Wildman–Crippen LogP) is 2.36. The molecule has 1 aromatic rings. The van der Waals surface area contributed by atoms with Crippen LogP contribution in [0.25, 0.3) is 0 Å². The van der Waals surface area contributed by atoms with Crippen molar-refractivity contribution in [3.63, 3.8) is 0 Å². The van der Waals surface area contributed by atoms with Gasteiger partial charge in [-0.3, -0.25) is 4.90 Å². The number of ether oxygens (including phenoxy) is 1. The standard InChI is InChI=1S/C18H30N2O2/c1-3-14-22-18-6-4-16(5-7-18)15-20(12-13-21)17-8-10-19(2)11-9-17/h4-7,17,21H,3,8-15H2,1-2H3. The number of piperidine rings is 1. The van der Waals surface area contributed by atoms with E-state index in [1.807, 2.05) is 0 Å².